The zero-order valence-electron chi connectivity index (χ0n) is 9.21. The fourth-order valence-electron chi connectivity index (χ4n) is 1.59. The third kappa shape index (κ3) is 2.61. The highest BCUT2D eigenvalue weighted by Gasteiger charge is 2.03. The lowest BCUT2D eigenvalue weighted by Gasteiger charge is -2.01. The maximum absolute atomic E-state index is 10.9. The number of rotatable bonds is 3. The van der Waals surface area contributed by atoms with Gasteiger partial charge in [-0.3, -0.25) is 4.79 Å². The number of hydrogen-bond donors (Lipinski definition) is 1. The molecule has 0 spiro atoms. The van der Waals surface area contributed by atoms with Gasteiger partial charge >= 0.3 is 0 Å². The van der Waals surface area contributed by atoms with Crippen molar-refractivity contribution in [3.8, 4) is 5.75 Å². The fourth-order valence-corrected chi connectivity index (χ4v) is 1.59. The van der Waals surface area contributed by atoms with E-state index in [4.69, 9.17) is 0 Å². The molecule has 17 heavy (non-hydrogen) atoms. The van der Waals surface area contributed by atoms with E-state index in [0.717, 1.165) is 5.56 Å². The molecule has 0 aliphatic heterocycles. The lowest BCUT2D eigenvalue weighted by atomic mass is 10.1. The molecule has 0 aromatic heterocycles. The molecule has 0 unspecified atom stereocenters. The van der Waals surface area contributed by atoms with E-state index in [0.29, 0.717) is 17.4 Å². The molecule has 84 valence electrons. The Bertz CT molecular complexity index is 542. The Hall–Kier alpha value is -2.35. The molecule has 2 nitrogen and oxygen atoms in total. The summed E-state index contributed by atoms with van der Waals surface area (Å²) in [6, 6.07) is 14.8. The number of phenols is 1. The first-order valence-electron chi connectivity index (χ1n) is 5.31. The van der Waals surface area contributed by atoms with Crippen LogP contribution in [0.1, 0.15) is 21.5 Å². The standard InChI is InChI=1S/C15H12O2/c16-11-14-13(7-4-8-15(14)17)10-9-12-5-2-1-3-6-12/h1-11,17H. The van der Waals surface area contributed by atoms with Crippen LogP contribution >= 0.6 is 0 Å². The topological polar surface area (TPSA) is 37.3 Å². The van der Waals surface area contributed by atoms with Gasteiger partial charge in [-0.15, -0.1) is 0 Å². The second-order valence-corrected chi connectivity index (χ2v) is 3.64. The monoisotopic (exact) mass is 224 g/mol. The molecule has 0 aliphatic rings. The molecule has 2 aromatic carbocycles. The molecule has 0 saturated heterocycles. The lowest BCUT2D eigenvalue weighted by Crippen LogP contribution is -1.86. The van der Waals surface area contributed by atoms with Gasteiger partial charge in [0, 0.05) is 0 Å². The van der Waals surface area contributed by atoms with Gasteiger partial charge in [0.1, 0.15) is 5.75 Å². The summed E-state index contributed by atoms with van der Waals surface area (Å²) in [7, 11) is 0. The lowest BCUT2D eigenvalue weighted by molar-refractivity contribution is 0.112. The van der Waals surface area contributed by atoms with E-state index in [1.165, 1.54) is 6.07 Å². The molecule has 2 heteroatoms. The number of phenolic OH excluding ortho intramolecular Hbond substituents is 1. The minimum Gasteiger partial charge on any atom is -0.507 e. The summed E-state index contributed by atoms with van der Waals surface area (Å²) < 4.78 is 0. The minimum absolute atomic E-state index is 0.00946. The summed E-state index contributed by atoms with van der Waals surface area (Å²) in [5.74, 6) is 0.00946. The molecule has 0 fully saturated rings. The van der Waals surface area contributed by atoms with Gasteiger partial charge in [0.2, 0.25) is 0 Å². The highest BCUT2D eigenvalue weighted by atomic mass is 16.3. The maximum atomic E-state index is 10.9. The molecule has 1 N–H and O–H groups in total. The quantitative estimate of drug-likeness (QED) is 0.641. The smallest absolute Gasteiger partial charge is 0.154 e. The number of benzene rings is 2. The van der Waals surface area contributed by atoms with Crippen LogP contribution in [-0.4, -0.2) is 11.4 Å². The molecule has 2 rings (SSSR count). The molecule has 0 radical (unpaired) electrons. The Morgan fingerprint density at radius 2 is 1.65 bits per heavy atom. The van der Waals surface area contributed by atoms with E-state index in [1.54, 1.807) is 12.1 Å². The van der Waals surface area contributed by atoms with Gasteiger partial charge in [-0.2, -0.15) is 0 Å². The van der Waals surface area contributed by atoms with E-state index < -0.39 is 0 Å². The van der Waals surface area contributed by atoms with Gasteiger partial charge in [-0.05, 0) is 17.2 Å². The van der Waals surface area contributed by atoms with Crippen molar-refractivity contribution in [1.29, 1.82) is 0 Å². The number of aldehydes is 1. The molecule has 0 saturated carbocycles. The average Bonchev–Trinajstić information content (AvgIpc) is 2.37. The van der Waals surface area contributed by atoms with Crippen molar-refractivity contribution in [2.45, 2.75) is 0 Å². The van der Waals surface area contributed by atoms with Crippen LogP contribution in [0, 0.1) is 0 Å². The normalized spacial score (nSPS) is 10.6. The van der Waals surface area contributed by atoms with Gasteiger partial charge in [0.15, 0.2) is 6.29 Å². The van der Waals surface area contributed by atoms with Crippen molar-refractivity contribution in [2.75, 3.05) is 0 Å². The zero-order valence-corrected chi connectivity index (χ0v) is 9.21. The summed E-state index contributed by atoms with van der Waals surface area (Å²) in [4.78, 5) is 10.9. The van der Waals surface area contributed by atoms with Crippen molar-refractivity contribution >= 4 is 18.4 Å². The third-order valence-corrected chi connectivity index (χ3v) is 2.49. The van der Waals surface area contributed by atoms with E-state index in [2.05, 4.69) is 0 Å². The summed E-state index contributed by atoms with van der Waals surface area (Å²) in [5, 5.41) is 9.52. The van der Waals surface area contributed by atoms with Gasteiger partial charge < -0.3 is 5.11 Å². The largest absolute Gasteiger partial charge is 0.507 e. The van der Waals surface area contributed by atoms with E-state index in [-0.39, 0.29) is 5.75 Å². The summed E-state index contributed by atoms with van der Waals surface area (Å²) in [6.45, 7) is 0. The van der Waals surface area contributed by atoms with E-state index >= 15 is 0 Å². The van der Waals surface area contributed by atoms with Gasteiger partial charge in [0.05, 0.1) is 5.56 Å². The first-order valence-corrected chi connectivity index (χ1v) is 5.31. The van der Waals surface area contributed by atoms with Crippen molar-refractivity contribution in [1.82, 2.24) is 0 Å². The minimum atomic E-state index is 0.00946. The van der Waals surface area contributed by atoms with Crippen molar-refractivity contribution in [3.63, 3.8) is 0 Å². The predicted octanol–water partition coefficient (Wildman–Crippen LogP) is 3.38. The fraction of sp³-hybridized carbons (Fsp3) is 0. The molecule has 0 aliphatic carbocycles. The first kappa shape index (κ1) is 11.1. The summed E-state index contributed by atoms with van der Waals surface area (Å²) in [5.41, 5.74) is 2.08. The second-order valence-electron chi connectivity index (χ2n) is 3.64. The number of aromatic hydroxyl groups is 1. The van der Waals surface area contributed by atoms with Gasteiger partial charge in [0.25, 0.3) is 0 Å². The molecule has 0 amide bonds. The van der Waals surface area contributed by atoms with Crippen molar-refractivity contribution < 1.29 is 9.90 Å². The number of carbonyl (C=O) groups is 1. The highest BCUT2D eigenvalue weighted by molar-refractivity contribution is 5.87. The van der Waals surface area contributed by atoms with Crippen LogP contribution in [0.25, 0.3) is 12.2 Å². The first-order chi connectivity index (χ1) is 8.31. The van der Waals surface area contributed by atoms with Crippen LogP contribution in [0.3, 0.4) is 0 Å². The van der Waals surface area contributed by atoms with Crippen molar-refractivity contribution in [3.05, 3.63) is 65.2 Å². The molecular weight excluding hydrogens is 212 g/mol. The summed E-state index contributed by atoms with van der Waals surface area (Å²) >= 11 is 0. The van der Waals surface area contributed by atoms with Crippen LogP contribution in [-0.2, 0) is 0 Å². The molecule has 0 bridgehead atoms. The van der Waals surface area contributed by atoms with Crippen LogP contribution in [0.15, 0.2) is 48.5 Å². The highest BCUT2D eigenvalue weighted by Crippen LogP contribution is 2.20. The molecular formula is C15H12O2. The van der Waals surface area contributed by atoms with Crippen molar-refractivity contribution in [2.24, 2.45) is 0 Å². The zero-order chi connectivity index (χ0) is 12.1. The van der Waals surface area contributed by atoms with Gasteiger partial charge in [-0.1, -0.05) is 54.6 Å². The van der Waals surface area contributed by atoms with E-state index in [9.17, 15) is 9.90 Å². The maximum Gasteiger partial charge on any atom is 0.154 e. The average molecular weight is 224 g/mol. The third-order valence-electron chi connectivity index (χ3n) is 2.49. The van der Waals surface area contributed by atoms with Crippen LogP contribution in [0.5, 0.6) is 5.75 Å². The SMILES string of the molecule is O=Cc1c(O)cccc1C=Cc1ccccc1. The Morgan fingerprint density at radius 1 is 0.882 bits per heavy atom. The van der Waals surface area contributed by atoms with Crippen LogP contribution in [0.2, 0.25) is 0 Å². The second kappa shape index (κ2) is 5.12. The van der Waals surface area contributed by atoms with Crippen LogP contribution < -0.4 is 0 Å². The van der Waals surface area contributed by atoms with Crippen LogP contribution in [0.4, 0.5) is 0 Å². The predicted molar refractivity (Wildman–Crippen MR) is 68.9 cm³/mol. The summed E-state index contributed by atoms with van der Waals surface area (Å²) in [6.07, 6.45) is 4.39. The Balaban J connectivity index is 2.34. The number of hydrogen-bond acceptors (Lipinski definition) is 2. The number of carbonyl (C=O) groups excluding carboxylic acids is 1. The van der Waals surface area contributed by atoms with Gasteiger partial charge in [-0.25, -0.2) is 0 Å². The Labute approximate surface area is 99.8 Å². The Kier molecular flexibility index (Phi) is 3.36. The molecule has 2 aromatic rings. The molecule has 0 atom stereocenters. The van der Waals surface area contributed by atoms with E-state index in [1.807, 2.05) is 42.5 Å². The Morgan fingerprint density at radius 3 is 2.35 bits per heavy atom. The molecule has 0 heterocycles.